The molecule has 1 aliphatic rings. The zero-order valence-electron chi connectivity index (χ0n) is 12.2. The van der Waals surface area contributed by atoms with Crippen molar-refractivity contribution in [1.29, 1.82) is 0 Å². The van der Waals surface area contributed by atoms with Crippen molar-refractivity contribution in [2.75, 3.05) is 19.7 Å². The number of benzene rings is 2. The Labute approximate surface area is 139 Å². The van der Waals surface area contributed by atoms with Gasteiger partial charge >= 0.3 is 0 Å². The minimum absolute atomic E-state index is 0.0793. The molecule has 2 aromatic carbocycles. The lowest BCUT2D eigenvalue weighted by atomic mass is 10.1. The van der Waals surface area contributed by atoms with Crippen molar-refractivity contribution < 1.29 is 17.5 Å². The Morgan fingerprint density at radius 2 is 1.74 bits per heavy atom. The lowest BCUT2D eigenvalue weighted by molar-refractivity contribution is -0.00255. The Morgan fingerprint density at radius 3 is 2.39 bits per heavy atom. The number of sulfonamides is 1. The number of ether oxygens (including phenoxy) is 1. The van der Waals surface area contributed by atoms with Gasteiger partial charge in [-0.05, 0) is 42.0 Å². The fourth-order valence-corrected chi connectivity index (χ4v) is 4.03. The molecule has 4 nitrogen and oxygen atoms in total. The maximum atomic E-state index is 13.0. The highest BCUT2D eigenvalue weighted by atomic mass is 35.5. The molecular weight excluding hydrogens is 341 g/mol. The van der Waals surface area contributed by atoms with E-state index in [4.69, 9.17) is 16.3 Å². The SMILES string of the molecule is O=S(=O)(c1ccc(F)cc1)N1CCOC(c2ccc(Cl)cc2)C1. The molecule has 0 aliphatic carbocycles. The first kappa shape index (κ1) is 16.4. The molecule has 0 saturated carbocycles. The zero-order chi connectivity index (χ0) is 16.4. The maximum Gasteiger partial charge on any atom is 0.243 e. The Kier molecular flexibility index (Phi) is 4.68. The topological polar surface area (TPSA) is 46.6 Å². The third-order valence-electron chi connectivity index (χ3n) is 3.72. The van der Waals surface area contributed by atoms with Crippen molar-refractivity contribution in [3.63, 3.8) is 0 Å². The summed E-state index contributed by atoms with van der Waals surface area (Å²) >= 11 is 5.87. The average molecular weight is 356 g/mol. The van der Waals surface area contributed by atoms with Crippen LogP contribution in [0.2, 0.25) is 5.02 Å². The molecule has 1 fully saturated rings. The average Bonchev–Trinajstić information content (AvgIpc) is 2.56. The third-order valence-corrected chi connectivity index (χ3v) is 5.85. The van der Waals surface area contributed by atoms with Crippen LogP contribution in [0.4, 0.5) is 4.39 Å². The Balaban J connectivity index is 1.82. The van der Waals surface area contributed by atoms with Crippen molar-refractivity contribution in [1.82, 2.24) is 4.31 Å². The molecule has 0 spiro atoms. The van der Waals surface area contributed by atoms with Crippen LogP contribution in [0.1, 0.15) is 11.7 Å². The van der Waals surface area contributed by atoms with Gasteiger partial charge in [-0.1, -0.05) is 23.7 Å². The molecule has 3 rings (SSSR count). The predicted octanol–water partition coefficient (Wildman–Crippen LogP) is 3.24. The lowest BCUT2D eigenvalue weighted by Crippen LogP contribution is -2.42. The molecule has 2 aromatic rings. The van der Waals surface area contributed by atoms with Crippen LogP contribution in [0, 0.1) is 5.82 Å². The van der Waals surface area contributed by atoms with Gasteiger partial charge in [0.15, 0.2) is 0 Å². The summed E-state index contributed by atoms with van der Waals surface area (Å²) in [6, 6.07) is 12.0. The number of hydrogen-bond donors (Lipinski definition) is 0. The number of morpholine rings is 1. The Bertz CT molecular complexity index is 778. The van der Waals surface area contributed by atoms with Crippen LogP contribution in [0.3, 0.4) is 0 Å². The molecular formula is C16H15ClFNO3S. The monoisotopic (exact) mass is 355 g/mol. The summed E-state index contributed by atoms with van der Waals surface area (Å²) in [7, 11) is -3.67. The first-order chi connectivity index (χ1) is 11.0. The molecule has 0 radical (unpaired) electrons. The van der Waals surface area contributed by atoms with Gasteiger partial charge in [-0.25, -0.2) is 12.8 Å². The normalized spacial score (nSPS) is 19.7. The predicted molar refractivity (Wildman–Crippen MR) is 85.3 cm³/mol. The summed E-state index contributed by atoms with van der Waals surface area (Å²) in [5.41, 5.74) is 0.869. The Morgan fingerprint density at radius 1 is 1.09 bits per heavy atom. The number of hydrogen-bond acceptors (Lipinski definition) is 3. The van der Waals surface area contributed by atoms with E-state index in [0.29, 0.717) is 11.6 Å². The van der Waals surface area contributed by atoms with Gasteiger partial charge in [-0.15, -0.1) is 0 Å². The van der Waals surface area contributed by atoms with Gasteiger partial charge in [0.05, 0.1) is 17.6 Å². The second kappa shape index (κ2) is 6.57. The summed E-state index contributed by atoms with van der Waals surface area (Å²) in [6.07, 6.45) is -0.351. The molecule has 1 heterocycles. The first-order valence-corrected chi connectivity index (χ1v) is 8.91. The quantitative estimate of drug-likeness (QED) is 0.849. The van der Waals surface area contributed by atoms with Gasteiger partial charge in [-0.2, -0.15) is 4.31 Å². The van der Waals surface area contributed by atoms with Crippen LogP contribution in [-0.4, -0.2) is 32.4 Å². The van der Waals surface area contributed by atoms with Crippen LogP contribution in [0.15, 0.2) is 53.4 Å². The van der Waals surface area contributed by atoms with Gasteiger partial charge in [0.2, 0.25) is 10.0 Å². The van der Waals surface area contributed by atoms with E-state index in [2.05, 4.69) is 0 Å². The fraction of sp³-hybridized carbons (Fsp3) is 0.250. The van der Waals surface area contributed by atoms with Gasteiger partial charge in [0, 0.05) is 18.1 Å². The minimum Gasteiger partial charge on any atom is -0.371 e. The van der Waals surface area contributed by atoms with Crippen LogP contribution in [0.5, 0.6) is 0 Å². The number of rotatable bonds is 3. The van der Waals surface area contributed by atoms with Crippen molar-refractivity contribution in [2.45, 2.75) is 11.0 Å². The molecule has 122 valence electrons. The summed E-state index contributed by atoms with van der Waals surface area (Å²) in [4.78, 5) is 0.0793. The van der Waals surface area contributed by atoms with E-state index in [9.17, 15) is 12.8 Å². The molecule has 1 unspecified atom stereocenters. The number of nitrogens with zero attached hydrogens (tertiary/aromatic N) is 1. The fourth-order valence-electron chi connectivity index (χ4n) is 2.48. The zero-order valence-corrected chi connectivity index (χ0v) is 13.7. The van der Waals surface area contributed by atoms with E-state index >= 15 is 0 Å². The molecule has 1 atom stereocenters. The second-order valence-corrected chi connectivity index (χ2v) is 7.60. The van der Waals surface area contributed by atoms with Crippen LogP contribution >= 0.6 is 11.6 Å². The van der Waals surface area contributed by atoms with Gasteiger partial charge < -0.3 is 4.74 Å². The third kappa shape index (κ3) is 3.55. The second-order valence-electron chi connectivity index (χ2n) is 5.23. The lowest BCUT2D eigenvalue weighted by Gasteiger charge is -2.32. The standard InChI is InChI=1S/C16H15ClFNO3S/c17-13-3-1-12(2-4-13)16-11-19(9-10-22-16)23(20,21)15-7-5-14(18)6-8-15/h1-8,16H,9-11H2. The number of halogens is 2. The first-order valence-electron chi connectivity index (χ1n) is 7.09. The van der Waals surface area contributed by atoms with E-state index in [1.165, 1.54) is 16.4 Å². The van der Waals surface area contributed by atoms with Gasteiger partial charge in [0.1, 0.15) is 5.82 Å². The largest absolute Gasteiger partial charge is 0.371 e. The van der Waals surface area contributed by atoms with E-state index in [1.54, 1.807) is 12.1 Å². The van der Waals surface area contributed by atoms with Crippen LogP contribution in [-0.2, 0) is 14.8 Å². The van der Waals surface area contributed by atoms with Crippen LogP contribution in [0.25, 0.3) is 0 Å². The maximum absolute atomic E-state index is 13.0. The van der Waals surface area contributed by atoms with Gasteiger partial charge in [0.25, 0.3) is 0 Å². The molecule has 0 N–H and O–H groups in total. The molecule has 0 amide bonds. The molecule has 23 heavy (non-hydrogen) atoms. The summed E-state index contributed by atoms with van der Waals surface area (Å²) in [5, 5.41) is 0.611. The molecule has 1 aliphatic heterocycles. The van der Waals surface area contributed by atoms with Crippen molar-refractivity contribution in [3.05, 3.63) is 64.9 Å². The van der Waals surface area contributed by atoms with Crippen molar-refractivity contribution >= 4 is 21.6 Å². The molecule has 0 bridgehead atoms. The smallest absolute Gasteiger partial charge is 0.243 e. The highest BCUT2D eigenvalue weighted by molar-refractivity contribution is 7.89. The highest BCUT2D eigenvalue weighted by Crippen LogP contribution is 2.27. The summed E-state index contributed by atoms with van der Waals surface area (Å²) < 4.78 is 45.3. The van der Waals surface area contributed by atoms with Crippen molar-refractivity contribution in [2.24, 2.45) is 0 Å². The molecule has 7 heteroatoms. The van der Waals surface area contributed by atoms with E-state index in [-0.39, 0.29) is 24.1 Å². The minimum atomic E-state index is -3.67. The Hall–Kier alpha value is -1.47. The van der Waals surface area contributed by atoms with E-state index < -0.39 is 15.8 Å². The summed E-state index contributed by atoms with van der Waals surface area (Å²) in [6.45, 7) is 0.777. The highest BCUT2D eigenvalue weighted by Gasteiger charge is 2.31. The van der Waals surface area contributed by atoms with Crippen molar-refractivity contribution in [3.8, 4) is 0 Å². The van der Waals surface area contributed by atoms with Crippen LogP contribution < -0.4 is 0 Å². The summed E-state index contributed by atoms with van der Waals surface area (Å²) in [5.74, 6) is -0.468. The van der Waals surface area contributed by atoms with E-state index in [0.717, 1.165) is 17.7 Å². The van der Waals surface area contributed by atoms with E-state index in [1.807, 2.05) is 12.1 Å². The molecule has 0 aromatic heterocycles. The molecule has 1 saturated heterocycles. The van der Waals surface area contributed by atoms with Gasteiger partial charge in [-0.3, -0.25) is 0 Å².